The number of nitro benzene ring substituents is 1. The zero-order valence-corrected chi connectivity index (χ0v) is 17.0. The first-order chi connectivity index (χ1) is 13.6. The van der Waals surface area contributed by atoms with Crippen molar-refractivity contribution in [2.45, 2.75) is 6.18 Å². The average molecular weight is 515 g/mol. The monoisotopic (exact) mass is 515 g/mol. The summed E-state index contributed by atoms with van der Waals surface area (Å²) in [4.78, 5) is 19.6. The van der Waals surface area contributed by atoms with Crippen LogP contribution in [0.2, 0.25) is 0 Å². The number of aromatic nitrogens is 2. The van der Waals surface area contributed by atoms with Crippen LogP contribution in [0, 0.1) is 13.7 Å². The SMILES string of the molecule is CN(c1ccc(I)cc1)c1ncc(C(F)(F)F)c(Nc2ccc([N+](=O)[O-])cc2)n1. The van der Waals surface area contributed by atoms with Crippen molar-refractivity contribution < 1.29 is 18.1 Å². The average Bonchev–Trinajstić information content (AvgIpc) is 2.67. The highest BCUT2D eigenvalue weighted by molar-refractivity contribution is 14.1. The lowest BCUT2D eigenvalue weighted by molar-refractivity contribution is -0.384. The van der Waals surface area contributed by atoms with Gasteiger partial charge >= 0.3 is 6.18 Å². The molecule has 0 unspecified atom stereocenters. The maximum Gasteiger partial charge on any atom is 0.421 e. The Kier molecular flexibility index (Phi) is 5.86. The molecule has 1 aromatic heterocycles. The van der Waals surface area contributed by atoms with Gasteiger partial charge in [-0.3, -0.25) is 10.1 Å². The van der Waals surface area contributed by atoms with Crippen LogP contribution in [0.3, 0.4) is 0 Å². The van der Waals surface area contributed by atoms with Crippen LogP contribution in [-0.4, -0.2) is 21.9 Å². The molecule has 29 heavy (non-hydrogen) atoms. The highest BCUT2D eigenvalue weighted by atomic mass is 127. The van der Waals surface area contributed by atoms with Crippen LogP contribution in [-0.2, 0) is 6.18 Å². The Labute approximate surface area is 176 Å². The van der Waals surface area contributed by atoms with Crippen molar-refractivity contribution in [3.05, 3.63) is 74.0 Å². The molecule has 11 heteroatoms. The molecule has 1 heterocycles. The summed E-state index contributed by atoms with van der Waals surface area (Å²) < 4.78 is 41.2. The number of hydrogen-bond acceptors (Lipinski definition) is 6. The Hall–Kier alpha value is -2.96. The van der Waals surface area contributed by atoms with Crippen LogP contribution in [0.1, 0.15) is 5.56 Å². The predicted molar refractivity (Wildman–Crippen MR) is 111 cm³/mol. The largest absolute Gasteiger partial charge is 0.421 e. The molecule has 0 atom stereocenters. The molecule has 2 aromatic carbocycles. The van der Waals surface area contributed by atoms with E-state index in [1.165, 1.54) is 24.3 Å². The number of halogens is 4. The third-order valence-corrected chi connectivity index (χ3v) is 4.66. The maximum absolute atomic E-state index is 13.4. The van der Waals surface area contributed by atoms with Crippen LogP contribution in [0.15, 0.2) is 54.7 Å². The second kappa shape index (κ2) is 8.19. The first kappa shape index (κ1) is 20.8. The lowest BCUT2D eigenvalue weighted by atomic mass is 10.2. The molecule has 0 saturated heterocycles. The molecule has 0 bridgehead atoms. The molecular weight excluding hydrogens is 502 g/mol. The van der Waals surface area contributed by atoms with E-state index in [2.05, 4.69) is 37.9 Å². The van der Waals surface area contributed by atoms with Gasteiger partial charge in [0.25, 0.3) is 5.69 Å². The molecule has 0 radical (unpaired) electrons. The van der Waals surface area contributed by atoms with Gasteiger partial charge in [0.1, 0.15) is 11.4 Å². The lowest BCUT2D eigenvalue weighted by Gasteiger charge is -2.20. The van der Waals surface area contributed by atoms with Crippen molar-refractivity contribution in [1.82, 2.24) is 9.97 Å². The molecule has 0 spiro atoms. The minimum absolute atomic E-state index is 0.0589. The van der Waals surface area contributed by atoms with Gasteiger partial charge in [0.05, 0.1) is 4.92 Å². The first-order valence-corrected chi connectivity index (χ1v) is 9.18. The zero-order valence-electron chi connectivity index (χ0n) is 14.8. The van der Waals surface area contributed by atoms with Gasteiger partial charge in [0.15, 0.2) is 0 Å². The summed E-state index contributed by atoms with van der Waals surface area (Å²) in [6, 6.07) is 12.3. The lowest BCUT2D eigenvalue weighted by Crippen LogP contribution is -2.17. The van der Waals surface area contributed by atoms with E-state index in [1.54, 1.807) is 24.1 Å². The molecule has 1 N–H and O–H groups in total. The van der Waals surface area contributed by atoms with Gasteiger partial charge in [0, 0.05) is 40.3 Å². The van der Waals surface area contributed by atoms with Crippen LogP contribution in [0.5, 0.6) is 0 Å². The van der Waals surface area contributed by atoms with Crippen LogP contribution in [0.4, 0.5) is 42.0 Å². The molecular formula is C18H13F3IN5O2. The van der Waals surface area contributed by atoms with E-state index in [9.17, 15) is 23.3 Å². The van der Waals surface area contributed by atoms with E-state index >= 15 is 0 Å². The fourth-order valence-corrected chi connectivity index (χ4v) is 2.78. The summed E-state index contributed by atoms with van der Waals surface area (Å²) in [7, 11) is 1.64. The van der Waals surface area contributed by atoms with Gasteiger partial charge in [-0.25, -0.2) is 4.98 Å². The fraction of sp³-hybridized carbons (Fsp3) is 0.111. The first-order valence-electron chi connectivity index (χ1n) is 8.10. The van der Waals surface area contributed by atoms with E-state index in [-0.39, 0.29) is 17.3 Å². The fourth-order valence-electron chi connectivity index (χ4n) is 2.42. The maximum atomic E-state index is 13.4. The summed E-state index contributed by atoms with van der Waals surface area (Å²) >= 11 is 2.14. The Morgan fingerprint density at radius 2 is 1.72 bits per heavy atom. The van der Waals surface area contributed by atoms with Crippen LogP contribution >= 0.6 is 22.6 Å². The van der Waals surface area contributed by atoms with Crippen LogP contribution < -0.4 is 10.2 Å². The Morgan fingerprint density at radius 3 is 2.28 bits per heavy atom. The Morgan fingerprint density at radius 1 is 1.10 bits per heavy atom. The van der Waals surface area contributed by atoms with Crippen molar-refractivity contribution >= 4 is 51.4 Å². The molecule has 0 fully saturated rings. The van der Waals surface area contributed by atoms with Gasteiger partial charge in [-0.2, -0.15) is 18.2 Å². The number of nitrogens with one attached hydrogen (secondary N) is 1. The van der Waals surface area contributed by atoms with Crippen LogP contribution in [0.25, 0.3) is 0 Å². The van der Waals surface area contributed by atoms with Crippen molar-refractivity contribution in [3.63, 3.8) is 0 Å². The summed E-state index contributed by atoms with van der Waals surface area (Å²) in [6.07, 6.45) is -3.97. The summed E-state index contributed by atoms with van der Waals surface area (Å²) in [5, 5.41) is 13.3. The van der Waals surface area contributed by atoms with E-state index < -0.39 is 22.5 Å². The molecule has 0 aliphatic carbocycles. The van der Waals surface area contributed by atoms with E-state index in [0.29, 0.717) is 11.9 Å². The molecule has 150 valence electrons. The highest BCUT2D eigenvalue weighted by Gasteiger charge is 2.35. The number of anilines is 4. The minimum Gasteiger partial charge on any atom is -0.340 e. The third kappa shape index (κ3) is 4.91. The summed E-state index contributed by atoms with van der Waals surface area (Å²) in [5.74, 6) is -0.391. The molecule has 3 aromatic rings. The number of nitro groups is 1. The Bertz CT molecular complexity index is 1030. The number of nitrogens with zero attached hydrogens (tertiary/aromatic N) is 4. The quantitative estimate of drug-likeness (QED) is 0.274. The minimum atomic E-state index is -4.68. The van der Waals surface area contributed by atoms with Crippen molar-refractivity contribution in [3.8, 4) is 0 Å². The van der Waals surface area contributed by atoms with Gasteiger partial charge in [-0.1, -0.05) is 0 Å². The molecule has 3 rings (SSSR count). The molecule has 0 amide bonds. The molecule has 7 nitrogen and oxygen atoms in total. The second-order valence-electron chi connectivity index (χ2n) is 5.89. The van der Waals surface area contributed by atoms with E-state index in [4.69, 9.17) is 0 Å². The summed E-state index contributed by atoms with van der Waals surface area (Å²) in [6.45, 7) is 0. The Balaban J connectivity index is 1.97. The van der Waals surface area contributed by atoms with Crippen molar-refractivity contribution in [2.75, 3.05) is 17.3 Å². The number of hydrogen-bond donors (Lipinski definition) is 1. The summed E-state index contributed by atoms with van der Waals surface area (Å²) in [5.41, 5.74) is -0.293. The van der Waals surface area contributed by atoms with Gasteiger partial charge in [-0.05, 0) is 59.0 Å². The van der Waals surface area contributed by atoms with E-state index in [0.717, 1.165) is 3.57 Å². The van der Waals surface area contributed by atoms with Gasteiger partial charge < -0.3 is 10.2 Å². The smallest absolute Gasteiger partial charge is 0.340 e. The van der Waals surface area contributed by atoms with Crippen molar-refractivity contribution in [1.29, 1.82) is 0 Å². The number of benzene rings is 2. The van der Waals surface area contributed by atoms with E-state index in [1.807, 2.05) is 12.1 Å². The van der Waals surface area contributed by atoms with Crippen molar-refractivity contribution in [2.24, 2.45) is 0 Å². The van der Waals surface area contributed by atoms with Gasteiger partial charge in [-0.15, -0.1) is 0 Å². The molecule has 0 aliphatic heterocycles. The highest BCUT2D eigenvalue weighted by Crippen LogP contribution is 2.36. The second-order valence-corrected chi connectivity index (χ2v) is 7.14. The number of rotatable bonds is 5. The topological polar surface area (TPSA) is 84.2 Å². The molecule has 0 saturated carbocycles. The molecule has 0 aliphatic rings. The number of non-ortho nitro benzene ring substituents is 1. The number of alkyl halides is 3. The van der Waals surface area contributed by atoms with Gasteiger partial charge in [0.2, 0.25) is 5.95 Å². The standard InChI is InChI=1S/C18H13F3IN5O2/c1-26(13-6-2-11(22)3-7-13)17-23-10-15(18(19,20)21)16(25-17)24-12-4-8-14(9-5-12)27(28)29/h2-10H,1H3,(H,23,24,25). The third-order valence-electron chi connectivity index (χ3n) is 3.94. The normalized spacial score (nSPS) is 11.2. The predicted octanol–water partition coefficient (Wildman–Crippen LogP) is 5.52. The zero-order chi connectivity index (χ0) is 21.2.